The second-order valence-electron chi connectivity index (χ2n) is 7.17. The van der Waals surface area contributed by atoms with Crippen LogP contribution in [0.3, 0.4) is 0 Å². The van der Waals surface area contributed by atoms with E-state index in [0.717, 1.165) is 19.4 Å². The average Bonchev–Trinajstić information content (AvgIpc) is 2.62. The van der Waals surface area contributed by atoms with Crippen molar-refractivity contribution in [3.63, 3.8) is 0 Å². The summed E-state index contributed by atoms with van der Waals surface area (Å²) < 4.78 is 34.9. The van der Waals surface area contributed by atoms with Gasteiger partial charge in [-0.25, -0.2) is 8.78 Å². The molecule has 1 aromatic carbocycles. The molecule has 0 saturated carbocycles. The number of ether oxygens (including phenoxy) is 1. The summed E-state index contributed by atoms with van der Waals surface area (Å²) in [7, 11) is 0. The number of H-pyrrole nitrogens is 1. The summed E-state index contributed by atoms with van der Waals surface area (Å²) in [5.41, 5.74) is 0.328. The van der Waals surface area contributed by atoms with E-state index in [0.29, 0.717) is 12.0 Å². The minimum Gasteiger partial charge on any atom is -0.378 e. The molecule has 2 heterocycles. The molecule has 0 spiro atoms. The molecular weight excluding hydrogens is 348 g/mol. The van der Waals surface area contributed by atoms with E-state index in [1.165, 1.54) is 24.3 Å². The van der Waals surface area contributed by atoms with Crippen molar-refractivity contribution in [2.45, 2.75) is 25.4 Å². The predicted octanol–water partition coefficient (Wildman–Crippen LogP) is 4.40. The number of hydrogen-bond acceptors (Lipinski definition) is 2. The Hall–Kier alpha value is -2.53. The zero-order valence-corrected chi connectivity index (χ0v) is 14.8. The summed E-state index contributed by atoms with van der Waals surface area (Å²) >= 11 is 0. The third-order valence-electron chi connectivity index (χ3n) is 5.36. The highest BCUT2D eigenvalue weighted by atomic mass is 19.1. The molecule has 1 aliphatic carbocycles. The summed E-state index contributed by atoms with van der Waals surface area (Å²) in [4.78, 5) is 14.0. The van der Waals surface area contributed by atoms with Gasteiger partial charge in [-0.2, -0.15) is 0 Å². The first-order valence-electron chi connectivity index (χ1n) is 9.24. The van der Waals surface area contributed by atoms with Crippen molar-refractivity contribution >= 4 is 0 Å². The van der Waals surface area contributed by atoms with Crippen molar-refractivity contribution in [3.8, 4) is 11.3 Å². The summed E-state index contributed by atoms with van der Waals surface area (Å²) in [6, 6.07) is 6.83. The number of benzene rings is 1. The first-order valence-corrected chi connectivity index (χ1v) is 9.24. The number of allylic oxidation sites excluding steroid dienone is 4. The zero-order valence-electron chi connectivity index (χ0n) is 14.8. The lowest BCUT2D eigenvalue weighted by molar-refractivity contribution is -0.0621. The monoisotopic (exact) mass is 369 g/mol. The largest absolute Gasteiger partial charge is 0.378 e. The number of halogens is 2. The van der Waals surface area contributed by atoms with E-state index in [9.17, 15) is 13.6 Å². The van der Waals surface area contributed by atoms with Gasteiger partial charge in [0.2, 0.25) is 5.56 Å². The Balaban J connectivity index is 1.56. The zero-order chi connectivity index (χ0) is 18.8. The van der Waals surface area contributed by atoms with E-state index in [4.69, 9.17) is 4.74 Å². The van der Waals surface area contributed by atoms with E-state index in [1.54, 1.807) is 6.07 Å². The minimum absolute atomic E-state index is 0.0625. The van der Waals surface area contributed by atoms with E-state index in [2.05, 4.69) is 17.1 Å². The Bertz CT molecular complexity index is 944. The van der Waals surface area contributed by atoms with Crippen molar-refractivity contribution in [1.29, 1.82) is 0 Å². The van der Waals surface area contributed by atoms with Crippen LogP contribution in [-0.4, -0.2) is 17.7 Å². The van der Waals surface area contributed by atoms with Crippen LogP contribution in [0.5, 0.6) is 0 Å². The van der Waals surface area contributed by atoms with E-state index >= 15 is 0 Å². The molecule has 1 aromatic heterocycles. The topological polar surface area (TPSA) is 42.1 Å². The van der Waals surface area contributed by atoms with Gasteiger partial charge in [-0.3, -0.25) is 4.79 Å². The molecule has 2 aromatic rings. The maximum atomic E-state index is 14.7. The summed E-state index contributed by atoms with van der Waals surface area (Å²) in [6.45, 7) is 0.810. The van der Waals surface area contributed by atoms with Crippen molar-refractivity contribution in [2.24, 2.45) is 11.8 Å². The van der Waals surface area contributed by atoms with Gasteiger partial charge in [-0.1, -0.05) is 30.4 Å². The molecule has 0 bridgehead atoms. The Kier molecular flexibility index (Phi) is 5.03. The van der Waals surface area contributed by atoms with Crippen LogP contribution in [0.4, 0.5) is 8.78 Å². The number of hydrogen-bond donors (Lipinski definition) is 1. The molecule has 1 N–H and O–H groups in total. The second-order valence-corrected chi connectivity index (χ2v) is 7.17. The third-order valence-corrected chi connectivity index (χ3v) is 5.36. The van der Waals surface area contributed by atoms with Crippen molar-refractivity contribution in [1.82, 2.24) is 4.98 Å². The summed E-state index contributed by atoms with van der Waals surface area (Å²) in [5, 5.41) is 0. The number of pyridine rings is 1. The summed E-state index contributed by atoms with van der Waals surface area (Å²) in [5.74, 6) is -0.636. The Morgan fingerprint density at radius 3 is 2.56 bits per heavy atom. The normalized spacial score (nSPS) is 24.0. The number of aromatic nitrogens is 1. The molecule has 27 heavy (non-hydrogen) atoms. The Labute approximate surface area is 156 Å². The molecule has 1 fully saturated rings. The first kappa shape index (κ1) is 17.9. The molecule has 0 radical (unpaired) electrons. The molecular formula is C22H21F2NO2. The van der Waals surface area contributed by atoms with Gasteiger partial charge in [0.15, 0.2) is 0 Å². The van der Waals surface area contributed by atoms with E-state index < -0.39 is 11.6 Å². The van der Waals surface area contributed by atoms with Crippen LogP contribution in [0.1, 0.15) is 18.4 Å². The second kappa shape index (κ2) is 7.61. The van der Waals surface area contributed by atoms with Gasteiger partial charge in [0.1, 0.15) is 11.6 Å². The number of aromatic amines is 1. The SMILES string of the molecule is O=c1cccc(-c2cc(F)c(CC3C=CC=C[C@@H]3CC3CCO3)cc2F)[nH]1. The molecule has 2 aliphatic rings. The lowest BCUT2D eigenvalue weighted by Gasteiger charge is -2.33. The molecule has 1 saturated heterocycles. The summed E-state index contributed by atoms with van der Waals surface area (Å²) in [6.07, 6.45) is 10.8. The fourth-order valence-corrected chi connectivity index (χ4v) is 3.76. The average molecular weight is 369 g/mol. The van der Waals surface area contributed by atoms with Crippen LogP contribution < -0.4 is 5.56 Å². The number of rotatable bonds is 5. The van der Waals surface area contributed by atoms with Gasteiger partial charge in [0.05, 0.1) is 11.8 Å². The Morgan fingerprint density at radius 2 is 1.85 bits per heavy atom. The highest BCUT2D eigenvalue weighted by molar-refractivity contribution is 5.60. The molecule has 5 heteroatoms. The fraction of sp³-hybridized carbons (Fsp3) is 0.318. The molecule has 3 nitrogen and oxygen atoms in total. The van der Waals surface area contributed by atoms with Crippen LogP contribution in [0, 0.1) is 23.5 Å². The van der Waals surface area contributed by atoms with Crippen LogP contribution in [0.2, 0.25) is 0 Å². The fourth-order valence-electron chi connectivity index (χ4n) is 3.76. The maximum absolute atomic E-state index is 14.7. The van der Waals surface area contributed by atoms with Gasteiger partial charge < -0.3 is 9.72 Å². The smallest absolute Gasteiger partial charge is 0.248 e. The molecule has 4 rings (SSSR count). The highest BCUT2D eigenvalue weighted by Gasteiger charge is 2.27. The highest BCUT2D eigenvalue weighted by Crippen LogP contribution is 2.33. The Morgan fingerprint density at radius 1 is 1.07 bits per heavy atom. The standard InChI is InChI=1S/C22H21F2NO2/c23-19-13-18(21-6-3-7-22(26)25-21)20(24)12-16(19)10-14-4-1-2-5-15(14)11-17-8-9-27-17/h1-7,12-15,17H,8-11H2,(H,25,26)/t14?,15-,17?/m1/s1. The number of nitrogens with one attached hydrogen (secondary N) is 1. The predicted molar refractivity (Wildman–Crippen MR) is 100 cm³/mol. The molecule has 1 aliphatic heterocycles. The van der Waals surface area contributed by atoms with Gasteiger partial charge in [-0.15, -0.1) is 0 Å². The van der Waals surface area contributed by atoms with Crippen molar-refractivity contribution in [2.75, 3.05) is 6.61 Å². The van der Waals surface area contributed by atoms with Crippen LogP contribution >= 0.6 is 0 Å². The van der Waals surface area contributed by atoms with Gasteiger partial charge in [0.25, 0.3) is 0 Å². The minimum atomic E-state index is -0.539. The van der Waals surface area contributed by atoms with E-state index in [-0.39, 0.29) is 34.8 Å². The van der Waals surface area contributed by atoms with Gasteiger partial charge >= 0.3 is 0 Å². The van der Waals surface area contributed by atoms with Crippen molar-refractivity contribution in [3.05, 3.63) is 82.2 Å². The third kappa shape index (κ3) is 3.93. The molecule has 2 unspecified atom stereocenters. The van der Waals surface area contributed by atoms with Crippen molar-refractivity contribution < 1.29 is 13.5 Å². The first-order chi connectivity index (χ1) is 13.1. The van der Waals surface area contributed by atoms with Gasteiger partial charge in [0, 0.05) is 18.2 Å². The van der Waals surface area contributed by atoms with Crippen LogP contribution in [0.25, 0.3) is 11.3 Å². The maximum Gasteiger partial charge on any atom is 0.248 e. The molecule has 140 valence electrons. The quantitative estimate of drug-likeness (QED) is 0.849. The lowest BCUT2D eigenvalue weighted by atomic mass is 9.79. The molecule has 0 amide bonds. The molecule has 3 atom stereocenters. The van der Waals surface area contributed by atoms with E-state index in [1.807, 2.05) is 12.2 Å². The lowest BCUT2D eigenvalue weighted by Crippen LogP contribution is -2.31. The van der Waals surface area contributed by atoms with Crippen LogP contribution in [0.15, 0.2) is 59.4 Å². The van der Waals surface area contributed by atoms with Crippen LogP contribution in [-0.2, 0) is 11.2 Å². The van der Waals surface area contributed by atoms with Gasteiger partial charge in [-0.05, 0) is 54.9 Å².